The molecule has 0 aromatic carbocycles. The Balaban J connectivity index is 3.28. The second kappa shape index (κ2) is 2.86. The molecule has 0 fully saturated rings. The summed E-state index contributed by atoms with van der Waals surface area (Å²) in [5.74, 6) is 0. The average Bonchev–Trinajstić information content (AvgIpc) is 1.95. The molecule has 0 aliphatic carbocycles. The second-order valence-corrected chi connectivity index (χ2v) is 2.22. The molecule has 0 bridgehead atoms. The Bertz CT molecular complexity index is 281. The number of H-pyrrole nitrogens is 1. The zero-order chi connectivity index (χ0) is 7.56. The Morgan fingerprint density at radius 3 is 2.80 bits per heavy atom. The molecule has 1 aromatic rings. The molecular weight excluding hydrogens is 154 g/mol. The zero-order valence-corrected chi connectivity index (χ0v) is 5.85. The van der Waals surface area contributed by atoms with Gasteiger partial charge in [-0.05, 0) is 0 Å². The van der Waals surface area contributed by atoms with Gasteiger partial charge in [-0.2, -0.15) is 0 Å². The molecule has 1 aromatic heterocycles. The van der Waals surface area contributed by atoms with Gasteiger partial charge in [0.05, 0.1) is 6.61 Å². The van der Waals surface area contributed by atoms with Gasteiger partial charge >= 0.3 is 0 Å². The van der Waals surface area contributed by atoms with Gasteiger partial charge in [0, 0.05) is 18.0 Å². The van der Waals surface area contributed by atoms with Gasteiger partial charge in [-0.25, -0.2) is 0 Å². The summed E-state index contributed by atoms with van der Waals surface area (Å²) in [6.07, 6.45) is 2.80. The minimum Gasteiger partial charge on any atom is -0.391 e. The predicted molar refractivity (Wildman–Crippen MR) is 38.0 cm³/mol. The lowest BCUT2D eigenvalue weighted by atomic mass is 10.3. The van der Waals surface area contributed by atoms with E-state index in [0.717, 1.165) is 0 Å². The second-order valence-electron chi connectivity index (χ2n) is 1.82. The number of aliphatic hydroxyl groups is 1. The van der Waals surface area contributed by atoms with Crippen LogP contribution in [0, 0.1) is 0 Å². The minimum atomic E-state index is -0.317. The number of rotatable bonds is 1. The van der Waals surface area contributed by atoms with Crippen LogP contribution in [0.3, 0.4) is 0 Å². The van der Waals surface area contributed by atoms with Crippen LogP contribution in [-0.2, 0) is 6.61 Å². The third-order valence-corrected chi connectivity index (χ3v) is 1.43. The van der Waals surface area contributed by atoms with Crippen molar-refractivity contribution in [3.63, 3.8) is 0 Å². The van der Waals surface area contributed by atoms with Crippen molar-refractivity contribution < 1.29 is 5.11 Å². The fourth-order valence-corrected chi connectivity index (χ4v) is 0.802. The number of aliphatic hydroxyl groups excluding tert-OH is 1. The van der Waals surface area contributed by atoms with Gasteiger partial charge in [0.2, 0.25) is 5.43 Å². The summed E-state index contributed by atoms with van der Waals surface area (Å²) in [6, 6.07) is 0. The molecule has 0 amide bonds. The predicted octanol–water partition coefficient (Wildman–Crippen LogP) is 0.521. The van der Waals surface area contributed by atoms with Crippen molar-refractivity contribution in [2.24, 2.45) is 0 Å². The van der Waals surface area contributed by atoms with Crippen LogP contribution < -0.4 is 5.43 Å². The summed E-state index contributed by atoms with van der Waals surface area (Å²) in [5.41, 5.74) is -0.0320. The highest BCUT2D eigenvalue weighted by atomic mass is 35.5. The Labute approximate surface area is 62.3 Å². The third-order valence-electron chi connectivity index (χ3n) is 1.15. The highest BCUT2D eigenvalue weighted by Crippen LogP contribution is 1.99. The standard InChI is InChI=1S/C6H6ClNO2/c7-5-2-8-1-4(3-9)6(5)10/h1-2,9H,3H2,(H,8,10). The monoisotopic (exact) mass is 159 g/mol. The fourth-order valence-electron chi connectivity index (χ4n) is 0.617. The summed E-state index contributed by atoms with van der Waals surface area (Å²) < 4.78 is 0. The highest BCUT2D eigenvalue weighted by Gasteiger charge is 1.99. The van der Waals surface area contributed by atoms with Gasteiger partial charge in [0.25, 0.3) is 0 Å². The molecule has 1 heterocycles. The Kier molecular flexibility index (Phi) is 2.09. The average molecular weight is 160 g/mol. The molecular formula is C6H6ClNO2. The lowest BCUT2D eigenvalue weighted by Gasteiger charge is -1.93. The van der Waals surface area contributed by atoms with Crippen LogP contribution in [-0.4, -0.2) is 10.1 Å². The highest BCUT2D eigenvalue weighted by molar-refractivity contribution is 6.30. The van der Waals surface area contributed by atoms with E-state index in [4.69, 9.17) is 16.7 Å². The van der Waals surface area contributed by atoms with Crippen molar-refractivity contribution in [2.45, 2.75) is 6.61 Å². The minimum absolute atomic E-state index is 0.103. The first-order valence-electron chi connectivity index (χ1n) is 2.72. The van der Waals surface area contributed by atoms with E-state index >= 15 is 0 Å². The normalized spacial score (nSPS) is 9.80. The fraction of sp³-hybridized carbons (Fsp3) is 0.167. The molecule has 2 N–H and O–H groups in total. The molecule has 4 heteroatoms. The lowest BCUT2D eigenvalue weighted by Crippen LogP contribution is -2.08. The van der Waals surface area contributed by atoms with Crippen LogP contribution in [0.2, 0.25) is 5.02 Å². The number of nitrogens with one attached hydrogen (secondary N) is 1. The van der Waals surface area contributed by atoms with Crippen molar-refractivity contribution in [2.75, 3.05) is 0 Å². The van der Waals surface area contributed by atoms with E-state index in [0.29, 0.717) is 0 Å². The maximum atomic E-state index is 10.9. The summed E-state index contributed by atoms with van der Waals surface area (Å²) in [4.78, 5) is 13.5. The molecule has 0 saturated heterocycles. The molecule has 0 aliphatic rings. The van der Waals surface area contributed by atoms with Gasteiger partial charge in [0.15, 0.2) is 0 Å². The molecule has 0 aliphatic heterocycles. The number of aromatic nitrogens is 1. The van der Waals surface area contributed by atoms with Crippen LogP contribution in [0.1, 0.15) is 5.56 Å². The molecule has 1 rings (SSSR count). The maximum Gasteiger partial charge on any atom is 0.205 e. The van der Waals surface area contributed by atoms with Crippen molar-refractivity contribution in [3.05, 3.63) is 33.2 Å². The molecule has 54 valence electrons. The Hall–Kier alpha value is -0.800. The summed E-state index contributed by atoms with van der Waals surface area (Å²) in [6.45, 7) is -0.282. The van der Waals surface area contributed by atoms with E-state index in [2.05, 4.69) is 4.98 Å². The van der Waals surface area contributed by atoms with Gasteiger partial charge in [-0.15, -0.1) is 0 Å². The van der Waals surface area contributed by atoms with Crippen LogP contribution >= 0.6 is 11.6 Å². The van der Waals surface area contributed by atoms with E-state index in [9.17, 15) is 4.79 Å². The SMILES string of the molecule is O=c1c(Cl)c[nH]cc1CO. The van der Waals surface area contributed by atoms with Crippen LogP contribution in [0.15, 0.2) is 17.2 Å². The van der Waals surface area contributed by atoms with Crippen molar-refractivity contribution in [1.82, 2.24) is 4.98 Å². The summed E-state index contributed by atoms with van der Waals surface area (Å²) >= 11 is 5.44. The van der Waals surface area contributed by atoms with E-state index in [1.807, 2.05) is 0 Å². The topological polar surface area (TPSA) is 53.1 Å². The van der Waals surface area contributed by atoms with Gasteiger partial charge in [-0.3, -0.25) is 4.79 Å². The van der Waals surface area contributed by atoms with Crippen molar-refractivity contribution in [3.8, 4) is 0 Å². The van der Waals surface area contributed by atoms with Crippen LogP contribution in [0.4, 0.5) is 0 Å². The van der Waals surface area contributed by atoms with E-state index < -0.39 is 0 Å². The van der Waals surface area contributed by atoms with E-state index in [1.54, 1.807) is 0 Å². The van der Waals surface area contributed by atoms with Crippen LogP contribution in [0.25, 0.3) is 0 Å². The first-order chi connectivity index (χ1) is 4.75. The molecule has 10 heavy (non-hydrogen) atoms. The van der Waals surface area contributed by atoms with Gasteiger partial charge in [-0.1, -0.05) is 11.6 Å². The number of hydrogen-bond acceptors (Lipinski definition) is 2. The first kappa shape index (κ1) is 7.31. The van der Waals surface area contributed by atoms with Crippen LogP contribution in [0.5, 0.6) is 0 Å². The number of pyridine rings is 1. The quantitative estimate of drug-likeness (QED) is 0.628. The molecule has 0 radical (unpaired) electrons. The molecule has 0 atom stereocenters. The van der Waals surface area contributed by atoms with Gasteiger partial charge in [0.1, 0.15) is 5.02 Å². The van der Waals surface area contributed by atoms with Crippen molar-refractivity contribution in [1.29, 1.82) is 0 Å². The van der Waals surface area contributed by atoms with E-state index in [-0.39, 0.29) is 22.6 Å². The zero-order valence-electron chi connectivity index (χ0n) is 5.10. The molecule has 3 nitrogen and oxygen atoms in total. The maximum absolute atomic E-state index is 10.9. The van der Waals surface area contributed by atoms with Crippen molar-refractivity contribution >= 4 is 11.6 Å². The largest absolute Gasteiger partial charge is 0.391 e. The smallest absolute Gasteiger partial charge is 0.205 e. The number of halogens is 1. The van der Waals surface area contributed by atoms with Gasteiger partial charge < -0.3 is 10.1 Å². The number of hydrogen-bond donors (Lipinski definition) is 2. The molecule has 0 spiro atoms. The first-order valence-corrected chi connectivity index (χ1v) is 3.10. The Morgan fingerprint density at radius 2 is 2.30 bits per heavy atom. The Morgan fingerprint density at radius 1 is 1.60 bits per heavy atom. The third kappa shape index (κ3) is 1.20. The molecule has 0 saturated carbocycles. The summed E-state index contributed by atoms with van der Waals surface area (Å²) in [5, 5.41) is 8.67. The molecule has 0 unspecified atom stereocenters. The summed E-state index contributed by atoms with van der Waals surface area (Å²) in [7, 11) is 0. The number of aromatic amines is 1. The van der Waals surface area contributed by atoms with E-state index in [1.165, 1.54) is 12.4 Å². The lowest BCUT2D eigenvalue weighted by molar-refractivity contribution is 0.280.